The van der Waals surface area contributed by atoms with Gasteiger partial charge in [0.1, 0.15) is 6.07 Å². The number of hydrogen-bond acceptors (Lipinski definition) is 3. The van der Waals surface area contributed by atoms with E-state index < -0.39 is 0 Å². The Balaban J connectivity index is 2.01. The summed E-state index contributed by atoms with van der Waals surface area (Å²) in [5.41, 5.74) is 2.01. The van der Waals surface area contributed by atoms with E-state index in [2.05, 4.69) is 16.7 Å². The van der Waals surface area contributed by atoms with Gasteiger partial charge in [-0.1, -0.05) is 6.07 Å². The maximum atomic E-state index is 11.8. The molecule has 1 heterocycles. The summed E-state index contributed by atoms with van der Waals surface area (Å²) in [6.07, 6.45) is 2.88. The highest BCUT2D eigenvalue weighted by molar-refractivity contribution is 5.98. The van der Waals surface area contributed by atoms with Crippen molar-refractivity contribution in [1.29, 1.82) is 5.26 Å². The fourth-order valence-electron chi connectivity index (χ4n) is 2.32. The third kappa shape index (κ3) is 1.84. The Bertz CT molecular complexity index is 514. The molecule has 0 aromatic heterocycles. The van der Waals surface area contributed by atoms with Crippen molar-refractivity contribution in [2.24, 2.45) is 5.92 Å². The standard InChI is InChI=1S/C13H13N3O/c14-7-9-2-1-3-10-13(9)16-12(17)6-11(15-10)8-4-5-8/h1-3,8,11,15H,4-6H2,(H,16,17). The molecular weight excluding hydrogens is 214 g/mol. The molecule has 4 heteroatoms. The van der Waals surface area contributed by atoms with E-state index in [4.69, 9.17) is 5.26 Å². The van der Waals surface area contributed by atoms with E-state index in [0.29, 0.717) is 23.6 Å². The number of nitrogens with one attached hydrogen (secondary N) is 2. The van der Waals surface area contributed by atoms with Gasteiger partial charge in [-0.3, -0.25) is 4.79 Å². The van der Waals surface area contributed by atoms with Crippen LogP contribution in [0.2, 0.25) is 0 Å². The van der Waals surface area contributed by atoms with Crippen LogP contribution in [0.3, 0.4) is 0 Å². The Kier molecular flexibility index (Phi) is 2.25. The van der Waals surface area contributed by atoms with Crippen LogP contribution in [0, 0.1) is 17.2 Å². The van der Waals surface area contributed by atoms with Gasteiger partial charge in [-0.2, -0.15) is 5.26 Å². The maximum absolute atomic E-state index is 11.8. The summed E-state index contributed by atoms with van der Waals surface area (Å²) >= 11 is 0. The number of para-hydroxylation sites is 1. The number of nitriles is 1. The molecule has 0 radical (unpaired) electrons. The highest BCUT2D eigenvalue weighted by atomic mass is 16.1. The lowest BCUT2D eigenvalue weighted by Gasteiger charge is -2.15. The summed E-state index contributed by atoms with van der Waals surface area (Å²) in [6.45, 7) is 0. The lowest BCUT2D eigenvalue weighted by atomic mass is 10.1. The van der Waals surface area contributed by atoms with Gasteiger partial charge in [0, 0.05) is 12.5 Å². The Labute approximate surface area is 99.6 Å². The van der Waals surface area contributed by atoms with Crippen LogP contribution in [0.1, 0.15) is 24.8 Å². The summed E-state index contributed by atoms with van der Waals surface area (Å²) in [6, 6.07) is 7.79. The SMILES string of the molecule is N#Cc1cccc2c1NC(=O)CC(C1CC1)N2. The minimum Gasteiger partial charge on any atom is -0.380 e. The normalized spacial score (nSPS) is 22.8. The van der Waals surface area contributed by atoms with Crippen LogP contribution in [0.15, 0.2) is 18.2 Å². The van der Waals surface area contributed by atoms with Crippen LogP contribution in [-0.2, 0) is 4.79 Å². The van der Waals surface area contributed by atoms with Crippen molar-refractivity contribution in [3.05, 3.63) is 23.8 Å². The first-order valence-corrected chi connectivity index (χ1v) is 5.87. The highest BCUT2D eigenvalue weighted by Gasteiger charge is 2.34. The van der Waals surface area contributed by atoms with Crippen LogP contribution >= 0.6 is 0 Å². The molecule has 1 atom stereocenters. The van der Waals surface area contributed by atoms with E-state index in [9.17, 15) is 4.79 Å². The van der Waals surface area contributed by atoms with E-state index >= 15 is 0 Å². The number of benzene rings is 1. The van der Waals surface area contributed by atoms with E-state index in [1.54, 1.807) is 6.07 Å². The van der Waals surface area contributed by atoms with Crippen LogP contribution in [0.5, 0.6) is 0 Å². The summed E-state index contributed by atoms with van der Waals surface area (Å²) in [4.78, 5) is 11.8. The maximum Gasteiger partial charge on any atom is 0.226 e. The summed E-state index contributed by atoms with van der Waals surface area (Å²) in [5.74, 6) is 0.605. The number of carbonyl (C=O) groups is 1. The predicted octanol–water partition coefficient (Wildman–Crippen LogP) is 2.09. The fourth-order valence-corrected chi connectivity index (χ4v) is 2.32. The summed E-state index contributed by atoms with van der Waals surface area (Å²) in [5, 5.41) is 15.3. The number of rotatable bonds is 1. The van der Waals surface area contributed by atoms with E-state index in [0.717, 1.165) is 5.69 Å². The molecule has 1 aromatic rings. The van der Waals surface area contributed by atoms with Crippen molar-refractivity contribution in [2.45, 2.75) is 25.3 Å². The van der Waals surface area contributed by atoms with Gasteiger partial charge in [0.2, 0.25) is 5.91 Å². The van der Waals surface area contributed by atoms with Gasteiger partial charge in [-0.05, 0) is 30.9 Å². The highest BCUT2D eigenvalue weighted by Crippen LogP contribution is 2.39. The number of nitrogens with zero attached hydrogens (tertiary/aromatic N) is 1. The molecule has 4 nitrogen and oxygen atoms in total. The third-order valence-corrected chi connectivity index (χ3v) is 3.39. The zero-order valence-electron chi connectivity index (χ0n) is 9.36. The molecule has 0 saturated heterocycles. The monoisotopic (exact) mass is 227 g/mol. The molecule has 1 saturated carbocycles. The smallest absolute Gasteiger partial charge is 0.226 e. The molecular formula is C13H13N3O. The minimum atomic E-state index is -0.00384. The van der Waals surface area contributed by atoms with E-state index in [1.807, 2.05) is 12.1 Å². The lowest BCUT2D eigenvalue weighted by Crippen LogP contribution is -2.24. The van der Waals surface area contributed by atoms with Crippen LogP contribution in [0.25, 0.3) is 0 Å². The summed E-state index contributed by atoms with van der Waals surface area (Å²) < 4.78 is 0. The average molecular weight is 227 g/mol. The zero-order chi connectivity index (χ0) is 11.8. The van der Waals surface area contributed by atoms with Crippen LogP contribution < -0.4 is 10.6 Å². The molecule has 1 fully saturated rings. The second kappa shape index (κ2) is 3.77. The molecule has 0 bridgehead atoms. The molecule has 2 aliphatic rings. The largest absolute Gasteiger partial charge is 0.380 e. The molecule has 1 unspecified atom stereocenters. The van der Waals surface area contributed by atoms with Gasteiger partial charge >= 0.3 is 0 Å². The van der Waals surface area contributed by atoms with Gasteiger partial charge in [0.05, 0.1) is 16.9 Å². The Morgan fingerprint density at radius 1 is 1.35 bits per heavy atom. The van der Waals surface area contributed by atoms with Crippen molar-refractivity contribution >= 4 is 17.3 Å². The molecule has 1 aliphatic carbocycles. The van der Waals surface area contributed by atoms with Crippen molar-refractivity contribution in [2.75, 3.05) is 10.6 Å². The molecule has 1 aromatic carbocycles. The topological polar surface area (TPSA) is 64.9 Å². The molecule has 1 amide bonds. The van der Waals surface area contributed by atoms with E-state index in [1.165, 1.54) is 12.8 Å². The molecule has 2 N–H and O–H groups in total. The Morgan fingerprint density at radius 2 is 2.18 bits per heavy atom. The Morgan fingerprint density at radius 3 is 2.88 bits per heavy atom. The summed E-state index contributed by atoms with van der Waals surface area (Å²) in [7, 11) is 0. The van der Waals surface area contributed by atoms with Crippen molar-refractivity contribution in [3.8, 4) is 6.07 Å². The van der Waals surface area contributed by atoms with Gasteiger partial charge in [-0.15, -0.1) is 0 Å². The molecule has 86 valence electrons. The van der Waals surface area contributed by atoms with Gasteiger partial charge < -0.3 is 10.6 Å². The number of fused-ring (bicyclic) bond motifs is 1. The first-order chi connectivity index (χ1) is 8.28. The first-order valence-electron chi connectivity index (χ1n) is 5.87. The zero-order valence-corrected chi connectivity index (χ0v) is 9.36. The molecule has 1 aliphatic heterocycles. The Hall–Kier alpha value is -2.02. The quantitative estimate of drug-likeness (QED) is 0.772. The lowest BCUT2D eigenvalue weighted by molar-refractivity contribution is -0.116. The minimum absolute atomic E-state index is 0.00384. The van der Waals surface area contributed by atoms with Crippen molar-refractivity contribution in [3.63, 3.8) is 0 Å². The fraction of sp³-hybridized carbons (Fsp3) is 0.385. The van der Waals surface area contributed by atoms with Crippen LogP contribution in [0.4, 0.5) is 11.4 Å². The van der Waals surface area contributed by atoms with Crippen molar-refractivity contribution < 1.29 is 4.79 Å². The van der Waals surface area contributed by atoms with Gasteiger partial charge in [0.15, 0.2) is 0 Å². The third-order valence-electron chi connectivity index (χ3n) is 3.39. The number of carbonyl (C=O) groups excluding carboxylic acids is 1. The first kappa shape index (κ1) is 10.2. The second-order valence-corrected chi connectivity index (χ2v) is 4.68. The second-order valence-electron chi connectivity index (χ2n) is 4.68. The van der Waals surface area contributed by atoms with Gasteiger partial charge in [-0.25, -0.2) is 0 Å². The van der Waals surface area contributed by atoms with E-state index in [-0.39, 0.29) is 11.9 Å². The predicted molar refractivity (Wildman–Crippen MR) is 64.5 cm³/mol. The number of anilines is 2. The molecule has 0 spiro atoms. The number of amides is 1. The van der Waals surface area contributed by atoms with Gasteiger partial charge in [0.25, 0.3) is 0 Å². The van der Waals surface area contributed by atoms with Crippen LogP contribution in [-0.4, -0.2) is 11.9 Å². The average Bonchev–Trinajstić information content (AvgIpc) is 3.13. The van der Waals surface area contributed by atoms with Crippen molar-refractivity contribution in [1.82, 2.24) is 0 Å². The molecule has 17 heavy (non-hydrogen) atoms. The number of hydrogen-bond donors (Lipinski definition) is 2. The molecule has 3 rings (SSSR count).